The predicted molar refractivity (Wildman–Crippen MR) is 81.0 cm³/mol. The minimum absolute atomic E-state index is 0.227. The summed E-state index contributed by atoms with van der Waals surface area (Å²) in [6.07, 6.45) is 0. The molecule has 0 aliphatic heterocycles. The summed E-state index contributed by atoms with van der Waals surface area (Å²) in [4.78, 5) is 14.0. The Balaban J connectivity index is 2.24. The molecule has 0 aliphatic carbocycles. The van der Waals surface area contributed by atoms with Crippen LogP contribution >= 0.6 is 15.9 Å². The smallest absolute Gasteiger partial charge is 0.255 e. The van der Waals surface area contributed by atoms with Crippen molar-refractivity contribution in [3.63, 3.8) is 0 Å². The van der Waals surface area contributed by atoms with Gasteiger partial charge >= 0.3 is 0 Å². The molecule has 0 spiro atoms. The van der Waals surface area contributed by atoms with E-state index in [2.05, 4.69) is 15.9 Å². The van der Waals surface area contributed by atoms with Gasteiger partial charge in [-0.1, -0.05) is 12.1 Å². The van der Waals surface area contributed by atoms with Crippen LogP contribution in [0.15, 0.2) is 46.9 Å². The fourth-order valence-corrected chi connectivity index (χ4v) is 2.51. The van der Waals surface area contributed by atoms with Crippen molar-refractivity contribution in [2.75, 3.05) is 7.05 Å². The fourth-order valence-electron chi connectivity index (χ4n) is 1.99. The van der Waals surface area contributed by atoms with Crippen LogP contribution in [0.5, 0.6) is 0 Å². The summed E-state index contributed by atoms with van der Waals surface area (Å²) in [6, 6.07) is 9.71. The summed E-state index contributed by atoms with van der Waals surface area (Å²) >= 11 is 3.19. The minimum Gasteiger partial charge on any atom is -0.335 e. The fraction of sp³-hybridized carbons (Fsp3) is 0.188. The van der Waals surface area contributed by atoms with Crippen molar-refractivity contribution in [2.45, 2.75) is 13.0 Å². The number of benzene rings is 2. The number of nitrogens with zero attached hydrogens (tertiary/aromatic N) is 1. The van der Waals surface area contributed by atoms with Crippen molar-refractivity contribution < 1.29 is 13.6 Å². The van der Waals surface area contributed by atoms with E-state index in [1.54, 1.807) is 19.2 Å². The maximum atomic E-state index is 13.1. The van der Waals surface area contributed by atoms with E-state index in [9.17, 15) is 13.6 Å². The zero-order chi connectivity index (χ0) is 15.6. The summed E-state index contributed by atoms with van der Waals surface area (Å²) in [7, 11) is 1.66. The second-order valence-corrected chi connectivity index (χ2v) is 5.62. The first-order valence-corrected chi connectivity index (χ1v) is 7.17. The van der Waals surface area contributed by atoms with Gasteiger partial charge < -0.3 is 4.90 Å². The van der Waals surface area contributed by atoms with Crippen molar-refractivity contribution >= 4 is 21.8 Å². The number of amides is 1. The number of carbonyl (C=O) groups is 1. The molecule has 21 heavy (non-hydrogen) atoms. The Morgan fingerprint density at radius 3 is 2.24 bits per heavy atom. The Morgan fingerprint density at radius 2 is 1.67 bits per heavy atom. The Morgan fingerprint density at radius 1 is 1.10 bits per heavy atom. The monoisotopic (exact) mass is 353 g/mol. The van der Waals surface area contributed by atoms with Gasteiger partial charge in [-0.2, -0.15) is 0 Å². The summed E-state index contributed by atoms with van der Waals surface area (Å²) in [6.45, 7) is 1.85. The first-order valence-electron chi connectivity index (χ1n) is 6.38. The molecule has 0 heterocycles. The second-order valence-electron chi connectivity index (χ2n) is 4.77. The summed E-state index contributed by atoms with van der Waals surface area (Å²) in [5.74, 6) is -0.965. The molecule has 0 radical (unpaired) electrons. The van der Waals surface area contributed by atoms with Crippen molar-refractivity contribution in [2.24, 2.45) is 0 Å². The Hall–Kier alpha value is -1.75. The molecule has 2 aromatic carbocycles. The van der Waals surface area contributed by atoms with E-state index >= 15 is 0 Å². The summed E-state index contributed by atoms with van der Waals surface area (Å²) in [5, 5.41) is 0. The number of carbonyl (C=O) groups excluding carboxylic acids is 1. The number of hydrogen-bond donors (Lipinski definition) is 0. The maximum Gasteiger partial charge on any atom is 0.255 e. The van der Waals surface area contributed by atoms with E-state index in [0.717, 1.165) is 5.56 Å². The Kier molecular flexibility index (Phi) is 4.73. The van der Waals surface area contributed by atoms with Crippen LogP contribution in [0.3, 0.4) is 0 Å². The highest BCUT2D eigenvalue weighted by Crippen LogP contribution is 2.24. The molecule has 0 aliphatic rings. The van der Waals surface area contributed by atoms with E-state index in [-0.39, 0.29) is 17.8 Å². The van der Waals surface area contributed by atoms with Crippen molar-refractivity contribution in [3.8, 4) is 0 Å². The van der Waals surface area contributed by atoms with E-state index < -0.39 is 5.82 Å². The zero-order valence-electron chi connectivity index (χ0n) is 11.6. The standard InChI is InChI=1S/C16H14BrF2NO/c1-10(11-3-5-12(18)6-4-11)20(2)16(21)14-8-7-13(19)9-15(14)17/h3-10H,1-2H3. The third-order valence-electron chi connectivity index (χ3n) is 3.42. The molecule has 2 rings (SSSR count). The van der Waals surface area contributed by atoms with Crippen molar-refractivity contribution in [1.82, 2.24) is 4.90 Å². The Labute approximate surface area is 130 Å². The average Bonchev–Trinajstić information content (AvgIpc) is 2.46. The zero-order valence-corrected chi connectivity index (χ0v) is 13.2. The van der Waals surface area contributed by atoms with Crippen LogP contribution in [0, 0.1) is 11.6 Å². The van der Waals surface area contributed by atoms with Gasteiger partial charge in [0.15, 0.2) is 0 Å². The number of hydrogen-bond acceptors (Lipinski definition) is 1. The van der Waals surface area contributed by atoms with Gasteiger partial charge in [0.2, 0.25) is 0 Å². The summed E-state index contributed by atoms with van der Waals surface area (Å²) in [5.41, 5.74) is 1.21. The molecule has 0 N–H and O–H groups in total. The molecule has 0 bridgehead atoms. The van der Waals surface area contributed by atoms with Crippen LogP contribution < -0.4 is 0 Å². The average molecular weight is 354 g/mol. The first kappa shape index (κ1) is 15.6. The lowest BCUT2D eigenvalue weighted by Crippen LogP contribution is -2.30. The third-order valence-corrected chi connectivity index (χ3v) is 4.07. The van der Waals surface area contributed by atoms with Gasteiger partial charge in [0, 0.05) is 11.5 Å². The van der Waals surface area contributed by atoms with Crippen LogP contribution in [0.1, 0.15) is 28.9 Å². The molecule has 1 atom stereocenters. The third kappa shape index (κ3) is 3.47. The molecule has 0 fully saturated rings. The van der Waals surface area contributed by atoms with Crippen molar-refractivity contribution in [1.29, 1.82) is 0 Å². The molecule has 0 saturated carbocycles. The van der Waals surface area contributed by atoms with E-state index in [0.29, 0.717) is 10.0 Å². The number of rotatable bonds is 3. The highest BCUT2D eigenvalue weighted by molar-refractivity contribution is 9.10. The molecule has 0 saturated heterocycles. The summed E-state index contributed by atoms with van der Waals surface area (Å²) < 4.78 is 26.4. The minimum atomic E-state index is -0.410. The molecule has 5 heteroatoms. The molecule has 1 unspecified atom stereocenters. The van der Waals surface area contributed by atoms with Gasteiger partial charge in [0.1, 0.15) is 11.6 Å². The molecular weight excluding hydrogens is 340 g/mol. The van der Waals surface area contributed by atoms with Crippen LogP contribution in [0.4, 0.5) is 8.78 Å². The van der Waals surface area contributed by atoms with E-state index in [1.807, 2.05) is 6.92 Å². The lowest BCUT2D eigenvalue weighted by Gasteiger charge is -2.26. The molecule has 110 valence electrons. The normalized spacial score (nSPS) is 12.0. The first-order chi connectivity index (χ1) is 9.90. The molecule has 1 amide bonds. The van der Waals surface area contributed by atoms with Gasteiger partial charge in [0.25, 0.3) is 5.91 Å². The molecule has 2 aromatic rings. The second kappa shape index (κ2) is 6.35. The van der Waals surface area contributed by atoms with Crippen molar-refractivity contribution in [3.05, 3.63) is 69.7 Å². The van der Waals surface area contributed by atoms with Gasteiger partial charge in [-0.15, -0.1) is 0 Å². The predicted octanol–water partition coefficient (Wildman–Crippen LogP) is 4.56. The van der Waals surface area contributed by atoms with Crippen LogP contribution in [0.2, 0.25) is 0 Å². The molecule has 2 nitrogen and oxygen atoms in total. The van der Waals surface area contributed by atoms with Gasteiger partial charge in [0.05, 0.1) is 11.6 Å². The van der Waals surface area contributed by atoms with Gasteiger partial charge in [-0.05, 0) is 58.7 Å². The number of halogens is 3. The highest BCUT2D eigenvalue weighted by atomic mass is 79.9. The lowest BCUT2D eigenvalue weighted by atomic mass is 10.1. The van der Waals surface area contributed by atoms with Gasteiger partial charge in [-0.25, -0.2) is 8.78 Å². The van der Waals surface area contributed by atoms with Crippen LogP contribution in [-0.2, 0) is 0 Å². The molecular formula is C16H14BrF2NO. The lowest BCUT2D eigenvalue weighted by molar-refractivity contribution is 0.0741. The van der Waals surface area contributed by atoms with Crippen LogP contribution in [-0.4, -0.2) is 17.9 Å². The Bertz CT molecular complexity index is 658. The van der Waals surface area contributed by atoms with Gasteiger partial charge in [-0.3, -0.25) is 4.79 Å². The largest absolute Gasteiger partial charge is 0.335 e. The quantitative estimate of drug-likeness (QED) is 0.791. The van der Waals surface area contributed by atoms with Crippen LogP contribution in [0.25, 0.3) is 0 Å². The maximum absolute atomic E-state index is 13.1. The highest BCUT2D eigenvalue weighted by Gasteiger charge is 2.21. The SMILES string of the molecule is CC(c1ccc(F)cc1)N(C)C(=O)c1ccc(F)cc1Br. The van der Waals surface area contributed by atoms with E-state index in [1.165, 1.54) is 35.2 Å². The molecule has 0 aromatic heterocycles. The topological polar surface area (TPSA) is 20.3 Å². The van der Waals surface area contributed by atoms with E-state index in [4.69, 9.17) is 0 Å².